The molecule has 0 unspecified atom stereocenters. The zero-order valence-electron chi connectivity index (χ0n) is 5.20. The summed E-state index contributed by atoms with van der Waals surface area (Å²) in [4.78, 5) is 0. The van der Waals surface area contributed by atoms with Gasteiger partial charge in [-0.25, -0.2) is 0 Å². The molecule has 0 radical (unpaired) electrons. The van der Waals surface area contributed by atoms with E-state index in [-0.39, 0.29) is 0 Å². The molecule has 0 aromatic rings. The van der Waals surface area contributed by atoms with E-state index in [1.807, 2.05) is 0 Å². The number of hydrogen-bond donors (Lipinski definition) is 2. The molecule has 7 heteroatoms. The first kappa shape index (κ1) is 10.2. The number of hydrogen-bond acceptors (Lipinski definition) is 4. The lowest BCUT2D eigenvalue weighted by Crippen LogP contribution is -2.25. The largest absolute Gasteiger partial charge is 0.355 e. The van der Waals surface area contributed by atoms with Crippen molar-refractivity contribution < 1.29 is 13.0 Å². The topological polar surface area (TPSA) is 66.4 Å². The summed E-state index contributed by atoms with van der Waals surface area (Å²) in [5.41, 5.74) is 0. The highest BCUT2D eigenvalue weighted by Crippen LogP contribution is 1.93. The summed E-state index contributed by atoms with van der Waals surface area (Å²) >= 11 is 5.81. The van der Waals surface area contributed by atoms with Crippen molar-refractivity contribution in [1.29, 1.82) is 0 Å². The second kappa shape index (κ2) is 4.12. The van der Waals surface area contributed by atoms with E-state index >= 15 is 0 Å². The van der Waals surface area contributed by atoms with Gasteiger partial charge in [-0.1, -0.05) is 12.2 Å². The smallest absolute Gasteiger partial charge is 0.283 e. The molecule has 0 atom stereocenters. The summed E-state index contributed by atoms with van der Waals surface area (Å²) in [6.07, 6.45) is 1.71. The van der Waals surface area contributed by atoms with Crippen molar-refractivity contribution in [2.24, 2.45) is 0 Å². The van der Waals surface area contributed by atoms with Crippen LogP contribution < -0.4 is 5.32 Å². The Labute approximate surface area is 69.1 Å². The second-order valence-corrected chi connectivity index (χ2v) is 4.33. The van der Waals surface area contributed by atoms with Crippen molar-refractivity contribution in [1.82, 2.24) is 5.32 Å². The Morgan fingerprint density at radius 2 is 2.30 bits per heavy atom. The fourth-order valence-corrected chi connectivity index (χ4v) is 1.02. The van der Waals surface area contributed by atoms with Gasteiger partial charge in [-0.15, -0.1) is 11.8 Å². The number of rotatable bonds is 2. The summed E-state index contributed by atoms with van der Waals surface area (Å²) in [5.74, 6) is -0.521. The SMILES string of the molecule is CSC(=S)NCS(=O)(=O)O. The molecular formula is C3H7NO3S3. The monoisotopic (exact) mass is 201 g/mol. The van der Waals surface area contributed by atoms with Gasteiger partial charge in [-0.2, -0.15) is 8.42 Å². The molecule has 0 aliphatic heterocycles. The number of thioether (sulfide) groups is 1. The Morgan fingerprint density at radius 3 is 2.60 bits per heavy atom. The zero-order chi connectivity index (χ0) is 8.20. The minimum absolute atomic E-state index is 0.345. The summed E-state index contributed by atoms with van der Waals surface area (Å²) in [5, 5.41) is 2.33. The molecule has 0 aromatic carbocycles. The van der Waals surface area contributed by atoms with Crippen molar-refractivity contribution in [2.75, 3.05) is 12.1 Å². The lowest BCUT2D eigenvalue weighted by atomic mass is 11.2. The third-order valence-electron chi connectivity index (χ3n) is 0.584. The van der Waals surface area contributed by atoms with E-state index in [1.165, 1.54) is 11.8 Å². The van der Waals surface area contributed by atoms with Gasteiger partial charge in [0.1, 0.15) is 10.2 Å². The molecule has 0 aromatic heterocycles. The Hall–Kier alpha value is 0.150. The van der Waals surface area contributed by atoms with E-state index in [1.54, 1.807) is 6.26 Å². The molecule has 0 spiro atoms. The molecular weight excluding hydrogens is 194 g/mol. The molecule has 0 rings (SSSR count). The summed E-state index contributed by atoms with van der Waals surface area (Å²) in [6.45, 7) is 0. The molecule has 0 saturated heterocycles. The van der Waals surface area contributed by atoms with E-state index in [2.05, 4.69) is 17.5 Å². The highest BCUT2D eigenvalue weighted by Gasteiger charge is 2.03. The predicted molar refractivity (Wildman–Crippen MR) is 45.7 cm³/mol. The maximum atomic E-state index is 10.1. The van der Waals surface area contributed by atoms with Crippen LogP contribution >= 0.6 is 24.0 Å². The average molecular weight is 201 g/mol. The second-order valence-electron chi connectivity index (χ2n) is 1.39. The highest BCUT2D eigenvalue weighted by molar-refractivity contribution is 8.22. The lowest BCUT2D eigenvalue weighted by Gasteiger charge is -2.00. The molecule has 0 aliphatic rings. The summed E-state index contributed by atoms with van der Waals surface area (Å²) < 4.78 is 28.7. The summed E-state index contributed by atoms with van der Waals surface area (Å²) in [7, 11) is -3.94. The van der Waals surface area contributed by atoms with E-state index in [0.29, 0.717) is 4.32 Å². The molecule has 4 nitrogen and oxygen atoms in total. The average Bonchev–Trinajstić information content (AvgIpc) is 1.81. The molecule has 0 amide bonds. The van der Waals surface area contributed by atoms with Crippen molar-refractivity contribution in [3.05, 3.63) is 0 Å². The van der Waals surface area contributed by atoms with Crippen LogP contribution in [-0.4, -0.2) is 29.4 Å². The first-order valence-corrected chi connectivity index (χ1v) is 5.47. The molecule has 0 saturated carbocycles. The fraction of sp³-hybridized carbons (Fsp3) is 0.667. The van der Waals surface area contributed by atoms with Crippen molar-refractivity contribution in [2.45, 2.75) is 0 Å². The van der Waals surface area contributed by atoms with Gasteiger partial charge in [-0.3, -0.25) is 4.55 Å². The lowest BCUT2D eigenvalue weighted by molar-refractivity contribution is 0.481. The molecule has 10 heavy (non-hydrogen) atoms. The Morgan fingerprint density at radius 1 is 1.80 bits per heavy atom. The van der Waals surface area contributed by atoms with Crippen molar-refractivity contribution >= 4 is 38.4 Å². The Balaban J connectivity index is 3.67. The van der Waals surface area contributed by atoms with Gasteiger partial charge in [0.25, 0.3) is 10.1 Å². The van der Waals surface area contributed by atoms with Crippen LogP contribution in [0.3, 0.4) is 0 Å². The maximum absolute atomic E-state index is 10.1. The van der Waals surface area contributed by atoms with E-state index in [0.717, 1.165) is 0 Å². The van der Waals surface area contributed by atoms with Crippen LogP contribution in [0, 0.1) is 0 Å². The van der Waals surface area contributed by atoms with Crippen LogP contribution in [0.2, 0.25) is 0 Å². The van der Waals surface area contributed by atoms with Gasteiger partial charge in [-0.05, 0) is 6.26 Å². The standard InChI is InChI=1S/C3H7NO3S3/c1-9-3(8)4-2-10(5,6)7/h2H2,1H3,(H,4,8)(H,5,6,7). The number of nitrogens with one attached hydrogen (secondary N) is 1. The molecule has 0 fully saturated rings. The van der Waals surface area contributed by atoms with Crippen LogP contribution in [-0.2, 0) is 10.1 Å². The normalized spacial score (nSPS) is 11.0. The first-order chi connectivity index (χ1) is 4.45. The highest BCUT2D eigenvalue weighted by atomic mass is 32.2. The maximum Gasteiger partial charge on any atom is 0.283 e. The van der Waals surface area contributed by atoms with Crippen LogP contribution in [0.4, 0.5) is 0 Å². The van der Waals surface area contributed by atoms with Crippen molar-refractivity contribution in [3.63, 3.8) is 0 Å². The Kier molecular flexibility index (Phi) is 4.18. The number of thiocarbonyl (C=S) groups is 1. The van der Waals surface area contributed by atoms with Gasteiger partial charge in [0.15, 0.2) is 0 Å². The van der Waals surface area contributed by atoms with E-state index < -0.39 is 16.0 Å². The van der Waals surface area contributed by atoms with Gasteiger partial charge in [0.05, 0.1) is 0 Å². The van der Waals surface area contributed by atoms with Crippen LogP contribution in [0.15, 0.2) is 0 Å². The van der Waals surface area contributed by atoms with Crippen molar-refractivity contribution in [3.8, 4) is 0 Å². The fourth-order valence-electron chi connectivity index (χ4n) is 0.222. The first-order valence-electron chi connectivity index (χ1n) is 2.22. The van der Waals surface area contributed by atoms with Crippen LogP contribution in [0.25, 0.3) is 0 Å². The minimum atomic E-state index is -3.94. The van der Waals surface area contributed by atoms with E-state index in [4.69, 9.17) is 4.55 Å². The predicted octanol–water partition coefficient (Wildman–Crippen LogP) is 0.0692. The minimum Gasteiger partial charge on any atom is -0.355 e. The molecule has 0 aliphatic carbocycles. The third kappa shape index (κ3) is 6.27. The van der Waals surface area contributed by atoms with Crippen LogP contribution in [0.5, 0.6) is 0 Å². The molecule has 60 valence electrons. The van der Waals surface area contributed by atoms with E-state index in [9.17, 15) is 8.42 Å². The summed E-state index contributed by atoms with van der Waals surface area (Å²) in [6, 6.07) is 0. The molecule has 2 N–H and O–H groups in total. The quantitative estimate of drug-likeness (QED) is 0.487. The van der Waals surface area contributed by atoms with Gasteiger partial charge < -0.3 is 5.32 Å². The van der Waals surface area contributed by atoms with Crippen LogP contribution in [0.1, 0.15) is 0 Å². The molecule has 0 bridgehead atoms. The van der Waals surface area contributed by atoms with Gasteiger partial charge in [0.2, 0.25) is 0 Å². The Bertz CT molecular complexity index is 209. The zero-order valence-corrected chi connectivity index (χ0v) is 7.65. The van der Waals surface area contributed by atoms with Gasteiger partial charge >= 0.3 is 0 Å². The third-order valence-corrected chi connectivity index (χ3v) is 2.25. The molecule has 0 heterocycles. The van der Waals surface area contributed by atoms with Gasteiger partial charge in [0, 0.05) is 0 Å².